The third kappa shape index (κ3) is 3.32. The van der Waals surface area contributed by atoms with Crippen LogP contribution in [0.15, 0.2) is 18.2 Å². The predicted octanol–water partition coefficient (Wildman–Crippen LogP) is 4.88. The zero-order valence-corrected chi connectivity index (χ0v) is 12.9. The first-order chi connectivity index (χ1) is 9.52. The SMILES string of the molecule is CCC1CCC(Cl)C(Cc2cccc([N+](=O)[O-])c2C)C1. The molecule has 110 valence electrons. The van der Waals surface area contributed by atoms with Gasteiger partial charge in [0.25, 0.3) is 5.69 Å². The summed E-state index contributed by atoms with van der Waals surface area (Å²) in [4.78, 5) is 10.7. The van der Waals surface area contributed by atoms with Gasteiger partial charge < -0.3 is 0 Å². The first-order valence-corrected chi connectivity index (χ1v) is 7.83. The van der Waals surface area contributed by atoms with E-state index < -0.39 is 0 Å². The van der Waals surface area contributed by atoms with Crippen molar-refractivity contribution in [3.05, 3.63) is 39.4 Å². The van der Waals surface area contributed by atoms with Gasteiger partial charge in [-0.15, -0.1) is 11.6 Å². The molecule has 0 aromatic heterocycles. The zero-order chi connectivity index (χ0) is 14.7. The first-order valence-electron chi connectivity index (χ1n) is 7.39. The van der Waals surface area contributed by atoms with E-state index >= 15 is 0 Å². The molecule has 1 aliphatic rings. The van der Waals surface area contributed by atoms with Crippen LogP contribution in [0, 0.1) is 28.9 Å². The van der Waals surface area contributed by atoms with Crippen LogP contribution in [-0.2, 0) is 6.42 Å². The van der Waals surface area contributed by atoms with Crippen LogP contribution in [0.3, 0.4) is 0 Å². The van der Waals surface area contributed by atoms with E-state index in [4.69, 9.17) is 11.6 Å². The summed E-state index contributed by atoms with van der Waals surface area (Å²) in [6.45, 7) is 4.08. The lowest BCUT2D eigenvalue weighted by molar-refractivity contribution is -0.385. The maximum absolute atomic E-state index is 11.0. The highest BCUT2D eigenvalue weighted by molar-refractivity contribution is 6.20. The third-order valence-electron chi connectivity index (χ3n) is 4.67. The maximum atomic E-state index is 11.0. The summed E-state index contributed by atoms with van der Waals surface area (Å²) in [5.41, 5.74) is 2.09. The van der Waals surface area contributed by atoms with Gasteiger partial charge >= 0.3 is 0 Å². The van der Waals surface area contributed by atoms with Gasteiger partial charge in [-0.2, -0.15) is 0 Å². The lowest BCUT2D eigenvalue weighted by Gasteiger charge is -2.33. The summed E-state index contributed by atoms with van der Waals surface area (Å²) in [6.07, 6.45) is 5.49. The molecule has 0 spiro atoms. The Morgan fingerprint density at radius 2 is 2.15 bits per heavy atom. The molecule has 0 saturated heterocycles. The smallest absolute Gasteiger partial charge is 0.258 e. The van der Waals surface area contributed by atoms with Crippen LogP contribution >= 0.6 is 11.6 Å². The first kappa shape index (κ1) is 15.3. The number of hydrogen-bond donors (Lipinski definition) is 0. The zero-order valence-electron chi connectivity index (χ0n) is 12.1. The van der Waals surface area contributed by atoms with Gasteiger partial charge in [0.1, 0.15) is 0 Å². The molecular weight excluding hydrogens is 274 g/mol. The fourth-order valence-electron chi connectivity index (χ4n) is 3.28. The second-order valence-electron chi connectivity index (χ2n) is 5.89. The van der Waals surface area contributed by atoms with Crippen molar-refractivity contribution in [3.8, 4) is 0 Å². The van der Waals surface area contributed by atoms with E-state index in [1.54, 1.807) is 12.1 Å². The van der Waals surface area contributed by atoms with Crippen LogP contribution in [0.4, 0.5) is 5.69 Å². The maximum Gasteiger partial charge on any atom is 0.272 e. The van der Waals surface area contributed by atoms with Crippen LogP contribution in [0.5, 0.6) is 0 Å². The van der Waals surface area contributed by atoms with Crippen LogP contribution in [0.2, 0.25) is 0 Å². The summed E-state index contributed by atoms with van der Waals surface area (Å²) in [6, 6.07) is 5.36. The van der Waals surface area contributed by atoms with Gasteiger partial charge in [0.2, 0.25) is 0 Å². The Balaban J connectivity index is 2.16. The highest BCUT2D eigenvalue weighted by Crippen LogP contribution is 2.37. The van der Waals surface area contributed by atoms with Crippen LogP contribution in [0.25, 0.3) is 0 Å². The molecule has 1 aromatic carbocycles. The normalized spacial score (nSPS) is 26.4. The number of nitrogens with zero attached hydrogens (tertiary/aromatic N) is 1. The van der Waals surface area contributed by atoms with Gasteiger partial charge in [-0.25, -0.2) is 0 Å². The minimum atomic E-state index is -0.299. The third-order valence-corrected chi connectivity index (χ3v) is 5.25. The minimum absolute atomic E-state index is 0.205. The monoisotopic (exact) mass is 295 g/mol. The molecule has 0 bridgehead atoms. The van der Waals surface area contributed by atoms with Crippen molar-refractivity contribution in [1.82, 2.24) is 0 Å². The summed E-state index contributed by atoms with van der Waals surface area (Å²) in [5, 5.41) is 11.2. The summed E-state index contributed by atoms with van der Waals surface area (Å²) in [5.74, 6) is 1.20. The molecule has 3 unspecified atom stereocenters. The number of halogens is 1. The van der Waals surface area contributed by atoms with E-state index in [2.05, 4.69) is 6.92 Å². The molecule has 4 heteroatoms. The molecule has 1 saturated carbocycles. The molecule has 0 N–H and O–H groups in total. The number of rotatable bonds is 4. The van der Waals surface area contributed by atoms with E-state index in [-0.39, 0.29) is 16.0 Å². The highest BCUT2D eigenvalue weighted by atomic mass is 35.5. The Bertz CT molecular complexity index is 489. The summed E-state index contributed by atoms with van der Waals surface area (Å²) < 4.78 is 0. The average Bonchev–Trinajstić information content (AvgIpc) is 2.43. The quantitative estimate of drug-likeness (QED) is 0.451. The van der Waals surface area contributed by atoms with Crippen molar-refractivity contribution in [2.45, 2.75) is 51.3 Å². The van der Waals surface area contributed by atoms with Gasteiger partial charge in [-0.3, -0.25) is 10.1 Å². The largest absolute Gasteiger partial charge is 0.272 e. The average molecular weight is 296 g/mol. The van der Waals surface area contributed by atoms with E-state index in [1.165, 1.54) is 12.8 Å². The van der Waals surface area contributed by atoms with Gasteiger partial charge in [0.15, 0.2) is 0 Å². The summed E-state index contributed by atoms with van der Waals surface area (Å²) >= 11 is 6.48. The number of alkyl halides is 1. The molecule has 0 heterocycles. The Morgan fingerprint density at radius 3 is 2.80 bits per heavy atom. The fraction of sp³-hybridized carbons (Fsp3) is 0.625. The number of benzene rings is 1. The van der Waals surface area contributed by atoms with Crippen molar-refractivity contribution in [2.24, 2.45) is 11.8 Å². The van der Waals surface area contributed by atoms with Crippen LogP contribution in [-0.4, -0.2) is 10.3 Å². The van der Waals surface area contributed by atoms with Crippen molar-refractivity contribution in [1.29, 1.82) is 0 Å². The van der Waals surface area contributed by atoms with E-state index in [9.17, 15) is 10.1 Å². The molecule has 3 nitrogen and oxygen atoms in total. The minimum Gasteiger partial charge on any atom is -0.258 e. The molecule has 20 heavy (non-hydrogen) atoms. The molecule has 0 radical (unpaired) electrons. The van der Waals surface area contributed by atoms with Crippen molar-refractivity contribution in [2.75, 3.05) is 0 Å². The van der Waals surface area contributed by atoms with Crippen molar-refractivity contribution < 1.29 is 4.92 Å². The van der Waals surface area contributed by atoms with Crippen LogP contribution < -0.4 is 0 Å². The highest BCUT2D eigenvalue weighted by Gasteiger charge is 2.29. The molecule has 3 atom stereocenters. The molecular formula is C16H22ClNO2. The van der Waals surface area contributed by atoms with Gasteiger partial charge in [-0.05, 0) is 50.0 Å². The summed E-state index contributed by atoms with van der Waals surface area (Å²) in [7, 11) is 0. The molecule has 1 fully saturated rings. The predicted molar refractivity (Wildman–Crippen MR) is 82.3 cm³/mol. The van der Waals surface area contributed by atoms with E-state index in [1.807, 2.05) is 13.0 Å². The Hall–Kier alpha value is -1.09. The van der Waals surface area contributed by atoms with Crippen LogP contribution in [0.1, 0.15) is 43.7 Å². The van der Waals surface area contributed by atoms with E-state index in [0.29, 0.717) is 5.92 Å². The van der Waals surface area contributed by atoms with Gasteiger partial charge in [-0.1, -0.05) is 25.5 Å². The molecule has 0 amide bonds. The second kappa shape index (κ2) is 6.57. The molecule has 2 rings (SSSR count). The lowest BCUT2D eigenvalue weighted by atomic mass is 9.77. The second-order valence-corrected chi connectivity index (χ2v) is 6.45. The topological polar surface area (TPSA) is 43.1 Å². The number of nitro groups is 1. The fourth-order valence-corrected chi connectivity index (χ4v) is 3.60. The van der Waals surface area contributed by atoms with Crippen molar-refractivity contribution in [3.63, 3.8) is 0 Å². The van der Waals surface area contributed by atoms with Gasteiger partial charge in [0.05, 0.1) is 4.92 Å². The standard InChI is InChI=1S/C16H22ClNO2/c1-3-12-7-8-15(17)14(9-12)10-13-5-4-6-16(11(13)2)18(19)20/h4-6,12,14-15H,3,7-10H2,1-2H3. The Kier molecular flexibility index (Phi) is 5.03. The number of nitro benzene ring substituents is 1. The Labute approximate surface area is 125 Å². The van der Waals surface area contributed by atoms with E-state index in [0.717, 1.165) is 36.3 Å². The molecule has 0 aliphatic heterocycles. The molecule has 1 aromatic rings. The van der Waals surface area contributed by atoms with Crippen molar-refractivity contribution >= 4 is 17.3 Å². The Morgan fingerprint density at radius 1 is 1.40 bits per heavy atom. The van der Waals surface area contributed by atoms with Gasteiger partial charge in [0, 0.05) is 17.0 Å². The molecule has 1 aliphatic carbocycles. The lowest BCUT2D eigenvalue weighted by Crippen LogP contribution is -2.27. The number of hydrogen-bond acceptors (Lipinski definition) is 2.